The summed E-state index contributed by atoms with van der Waals surface area (Å²) in [6.07, 6.45) is 2.48. The second kappa shape index (κ2) is 12.8. The monoisotopic (exact) mass is 454 g/mol. The number of nitro groups is 1. The van der Waals surface area contributed by atoms with E-state index in [0.29, 0.717) is 18.9 Å². The Balaban J connectivity index is 2.71. The molecule has 180 valence electrons. The van der Waals surface area contributed by atoms with E-state index in [2.05, 4.69) is 10.3 Å². The van der Waals surface area contributed by atoms with E-state index >= 15 is 0 Å². The Morgan fingerprint density at radius 3 is 2.53 bits per heavy atom. The second-order valence-electron chi connectivity index (χ2n) is 8.45. The molecule has 0 saturated heterocycles. The fraction of sp³-hybridized carbons (Fsp3) is 0.714. The summed E-state index contributed by atoms with van der Waals surface area (Å²) < 4.78 is 11.8. The van der Waals surface area contributed by atoms with Gasteiger partial charge in [0.2, 0.25) is 0 Å². The van der Waals surface area contributed by atoms with E-state index < -0.39 is 28.6 Å². The van der Waals surface area contributed by atoms with Crippen LogP contribution in [0.4, 0.5) is 10.6 Å². The summed E-state index contributed by atoms with van der Waals surface area (Å²) in [5.74, 6) is -0.403. The van der Waals surface area contributed by atoms with E-state index in [4.69, 9.17) is 9.47 Å². The van der Waals surface area contributed by atoms with Gasteiger partial charge in [-0.15, -0.1) is 0 Å². The number of amides is 1. The molecule has 11 nitrogen and oxygen atoms in total. The van der Waals surface area contributed by atoms with Gasteiger partial charge >= 0.3 is 17.9 Å². The molecule has 1 aromatic heterocycles. The smallest absolute Gasteiger partial charge is 0.408 e. The topological polar surface area (TPSA) is 143 Å². The number of rotatable bonds is 13. The highest BCUT2D eigenvalue weighted by Gasteiger charge is 2.25. The zero-order valence-electron chi connectivity index (χ0n) is 19.5. The molecule has 11 heteroatoms. The normalized spacial score (nSPS) is 12.2. The van der Waals surface area contributed by atoms with E-state index in [0.717, 1.165) is 12.8 Å². The molecule has 32 heavy (non-hydrogen) atoms. The van der Waals surface area contributed by atoms with Crippen molar-refractivity contribution in [1.29, 1.82) is 0 Å². The number of esters is 1. The van der Waals surface area contributed by atoms with Crippen LogP contribution in [0.3, 0.4) is 0 Å². The molecule has 1 atom stereocenters. The van der Waals surface area contributed by atoms with E-state index in [1.54, 1.807) is 27.7 Å². The van der Waals surface area contributed by atoms with Gasteiger partial charge in [-0.05, 0) is 45.0 Å². The molecule has 1 amide bonds. The van der Waals surface area contributed by atoms with Crippen LogP contribution in [0.5, 0.6) is 0 Å². The number of Topliss-reactive ketones (excluding diaryl/α,β-unsaturated/α-hetero) is 1. The third-order valence-electron chi connectivity index (χ3n) is 4.50. The largest absolute Gasteiger partial charge is 0.466 e. The maximum Gasteiger partial charge on any atom is 0.408 e. The summed E-state index contributed by atoms with van der Waals surface area (Å²) in [5, 5.41) is 13.6. The molecular formula is C21H34N4O7. The van der Waals surface area contributed by atoms with Gasteiger partial charge in [-0.1, -0.05) is 13.3 Å². The first-order valence-electron chi connectivity index (χ1n) is 10.8. The Bertz CT molecular complexity index is 799. The van der Waals surface area contributed by atoms with Crippen LogP contribution in [0, 0.1) is 17.0 Å². The van der Waals surface area contributed by atoms with E-state index in [1.807, 2.05) is 6.92 Å². The van der Waals surface area contributed by atoms with Crippen molar-refractivity contribution < 1.29 is 28.8 Å². The van der Waals surface area contributed by atoms with Crippen molar-refractivity contribution in [3.8, 4) is 0 Å². The van der Waals surface area contributed by atoms with Gasteiger partial charge in [0.15, 0.2) is 11.6 Å². The molecule has 0 radical (unpaired) electrons. The minimum Gasteiger partial charge on any atom is -0.466 e. The standard InChI is InChI=1S/C21H34N4O7/c1-6-7-13-31-19(27)11-10-16(23-20(28)32-21(3,4)5)17(26)9-8-12-24-15(2)22-14-18(24)25(29)30/h14,16H,6-13H2,1-5H3,(H,23,28). The maximum absolute atomic E-state index is 12.8. The highest BCUT2D eigenvalue weighted by Crippen LogP contribution is 2.16. The summed E-state index contributed by atoms with van der Waals surface area (Å²) in [5.41, 5.74) is -0.741. The average molecular weight is 455 g/mol. The number of unbranched alkanes of at least 4 members (excludes halogenated alkanes) is 1. The number of hydrogen-bond acceptors (Lipinski definition) is 8. The van der Waals surface area contributed by atoms with Crippen LogP contribution < -0.4 is 5.32 Å². The lowest BCUT2D eigenvalue weighted by Gasteiger charge is -2.23. The summed E-state index contributed by atoms with van der Waals surface area (Å²) in [4.78, 5) is 51.3. The van der Waals surface area contributed by atoms with Crippen LogP contribution in [0.1, 0.15) is 72.0 Å². The van der Waals surface area contributed by atoms with Crippen LogP contribution in [-0.4, -0.2) is 50.6 Å². The van der Waals surface area contributed by atoms with Crippen molar-refractivity contribution in [2.75, 3.05) is 6.61 Å². The van der Waals surface area contributed by atoms with Crippen LogP contribution in [0.2, 0.25) is 0 Å². The zero-order valence-corrected chi connectivity index (χ0v) is 19.5. The number of aryl methyl sites for hydroxylation is 1. The number of alkyl carbamates (subject to hydrolysis) is 1. The SMILES string of the molecule is CCCCOC(=O)CCC(NC(=O)OC(C)(C)C)C(=O)CCCn1c([N+](=O)[O-])cnc1C. The first-order valence-corrected chi connectivity index (χ1v) is 10.8. The number of ketones is 1. The van der Waals surface area contributed by atoms with Gasteiger partial charge in [0.25, 0.3) is 0 Å². The second-order valence-corrected chi connectivity index (χ2v) is 8.45. The van der Waals surface area contributed by atoms with Gasteiger partial charge in [-0.2, -0.15) is 0 Å². The van der Waals surface area contributed by atoms with Crippen molar-refractivity contribution in [1.82, 2.24) is 14.9 Å². The summed E-state index contributed by atoms with van der Waals surface area (Å²) in [7, 11) is 0. The van der Waals surface area contributed by atoms with Crippen molar-refractivity contribution in [2.24, 2.45) is 0 Å². The molecule has 1 N–H and O–H groups in total. The predicted molar refractivity (Wildman–Crippen MR) is 116 cm³/mol. The lowest BCUT2D eigenvalue weighted by Crippen LogP contribution is -2.43. The maximum atomic E-state index is 12.8. The quantitative estimate of drug-likeness (QED) is 0.207. The third-order valence-corrected chi connectivity index (χ3v) is 4.50. The number of nitrogens with one attached hydrogen (secondary N) is 1. The van der Waals surface area contributed by atoms with Gasteiger partial charge in [-0.3, -0.25) is 9.59 Å². The molecule has 0 fully saturated rings. The van der Waals surface area contributed by atoms with E-state index in [9.17, 15) is 24.5 Å². The zero-order chi connectivity index (χ0) is 24.3. The van der Waals surface area contributed by atoms with Crippen molar-refractivity contribution >= 4 is 23.7 Å². The number of aromatic nitrogens is 2. The molecule has 0 spiro atoms. The number of carbonyl (C=O) groups excluding carboxylic acids is 3. The van der Waals surface area contributed by atoms with Gasteiger partial charge < -0.3 is 24.9 Å². The number of hydrogen-bond donors (Lipinski definition) is 1. The Morgan fingerprint density at radius 2 is 1.94 bits per heavy atom. The van der Waals surface area contributed by atoms with Crippen LogP contribution >= 0.6 is 0 Å². The molecule has 1 unspecified atom stereocenters. The Morgan fingerprint density at radius 1 is 1.25 bits per heavy atom. The lowest BCUT2D eigenvalue weighted by molar-refractivity contribution is -0.392. The third kappa shape index (κ3) is 9.88. The lowest BCUT2D eigenvalue weighted by atomic mass is 10.0. The summed E-state index contributed by atoms with van der Waals surface area (Å²) in [6, 6.07) is -0.928. The molecule has 0 aliphatic rings. The minimum absolute atomic E-state index is 0.0258. The molecule has 1 heterocycles. The summed E-state index contributed by atoms with van der Waals surface area (Å²) in [6.45, 7) is 9.28. The van der Waals surface area contributed by atoms with Crippen LogP contribution in [-0.2, 0) is 25.6 Å². The van der Waals surface area contributed by atoms with Gasteiger partial charge in [0, 0.05) is 19.8 Å². The Hall–Kier alpha value is -2.98. The van der Waals surface area contributed by atoms with Gasteiger partial charge in [0.05, 0.1) is 19.2 Å². The number of nitrogens with zero attached hydrogens (tertiary/aromatic N) is 3. The van der Waals surface area contributed by atoms with Crippen molar-refractivity contribution in [3.63, 3.8) is 0 Å². The summed E-state index contributed by atoms with van der Waals surface area (Å²) >= 11 is 0. The number of carbonyl (C=O) groups is 3. The van der Waals surface area contributed by atoms with Crippen LogP contribution in [0.25, 0.3) is 0 Å². The fourth-order valence-corrected chi connectivity index (χ4v) is 2.89. The average Bonchev–Trinajstić information content (AvgIpc) is 3.04. The Labute approximate surface area is 188 Å². The first kappa shape index (κ1) is 27.1. The molecule has 0 bridgehead atoms. The molecule has 0 aliphatic heterocycles. The molecule has 1 aromatic rings. The molecule has 0 aliphatic carbocycles. The predicted octanol–water partition coefficient (Wildman–Crippen LogP) is 3.47. The highest BCUT2D eigenvalue weighted by atomic mass is 16.6. The van der Waals surface area contributed by atoms with Crippen molar-refractivity contribution in [2.45, 2.75) is 91.3 Å². The molecule has 1 rings (SSSR count). The Kier molecular flexibility index (Phi) is 10.8. The molecule has 0 aromatic carbocycles. The van der Waals surface area contributed by atoms with Crippen LogP contribution in [0.15, 0.2) is 6.20 Å². The van der Waals surface area contributed by atoms with Crippen molar-refractivity contribution in [3.05, 3.63) is 22.1 Å². The van der Waals surface area contributed by atoms with E-state index in [-0.39, 0.29) is 37.4 Å². The van der Waals surface area contributed by atoms with E-state index in [1.165, 1.54) is 10.8 Å². The first-order chi connectivity index (χ1) is 14.9. The number of ether oxygens (including phenoxy) is 2. The van der Waals surface area contributed by atoms with Gasteiger partial charge in [-0.25, -0.2) is 14.3 Å². The minimum atomic E-state index is -0.928. The van der Waals surface area contributed by atoms with Gasteiger partial charge in [0.1, 0.15) is 11.8 Å². The highest BCUT2D eigenvalue weighted by molar-refractivity contribution is 5.87. The fourth-order valence-electron chi connectivity index (χ4n) is 2.89. The number of imidazole rings is 1. The molecule has 0 saturated carbocycles. The molecular weight excluding hydrogens is 420 g/mol.